The highest BCUT2D eigenvalue weighted by Crippen LogP contribution is 2.32. The lowest BCUT2D eigenvalue weighted by Crippen LogP contribution is -2.25. The van der Waals surface area contributed by atoms with Crippen LogP contribution >= 0.6 is 0 Å². The first-order valence-electron chi connectivity index (χ1n) is 11.7. The van der Waals surface area contributed by atoms with Gasteiger partial charge in [-0.05, 0) is 67.0 Å². The first-order chi connectivity index (χ1) is 15.4. The van der Waals surface area contributed by atoms with E-state index >= 15 is 0 Å². The van der Waals surface area contributed by atoms with Crippen LogP contribution in [-0.4, -0.2) is 21.5 Å². The van der Waals surface area contributed by atoms with Gasteiger partial charge < -0.3 is 15.2 Å². The second kappa shape index (κ2) is 9.47. The van der Waals surface area contributed by atoms with Gasteiger partial charge in [-0.15, -0.1) is 0 Å². The van der Waals surface area contributed by atoms with Crippen LogP contribution < -0.4 is 10.1 Å². The summed E-state index contributed by atoms with van der Waals surface area (Å²) in [4.78, 5) is 0. The molecule has 1 unspecified atom stereocenters. The van der Waals surface area contributed by atoms with Crippen LogP contribution in [0.4, 0.5) is 0 Å². The molecule has 0 spiro atoms. The Bertz CT molecular complexity index is 1050. The minimum Gasteiger partial charge on any atom is -0.494 e. The summed E-state index contributed by atoms with van der Waals surface area (Å²) in [5.74, 6) is 0.762. The fraction of sp³-hybridized carbons (Fsp3) is 0.444. The van der Waals surface area contributed by atoms with Gasteiger partial charge in [0.2, 0.25) is 0 Å². The summed E-state index contributed by atoms with van der Waals surface area (Å²) in [6.07, 6.45) is 5.32. The highest BCUT2D eigenvalue weighted by atomic mass is 16.5. The maximum absolute atomic E-state index is 9.68. The Morgan fingerprint density at radius 2 is 1.94 bits per heavy atom. The van der Waals surface area contributed by atoms with Crippen LogP contribution in [0.5, 0.6) is 5.75 Å². The van der Waals surface area contributed by atoms with Crippen LogP contribution in [0.2, 0.25) is 0 Å². The van der Waals surface area contributed by atoms with Crippen LogP contribution in [-0.2, 0) is 25.0 Å². The predicted octanol–water partition coefficient (Wildman–Crippen LogP) is 5.23. The zero-order valence-electron chi connectivity index (χ0n) is 19.7. The Hall–Kier alpha value is -2.63. The second-order valence-corrected chi connectivity index (χ2v) is 9.61. The molecule has 0 aliphatic heterocycles. The van der Waals surface area contributed by atoms with Gasteiger partial charge in [-0.1, -0.05) is 39.0 Å². The van der Waals surface area contributed by atoms with Gasteiger partial charge in [0.05, 0.1) is 25.1 Å². The molecule has 0 bridgehead atoms. The number of aromatic nitrogens is 2. The lowest BCUT2D eigenvalue weighted by atomic mass is 9.87. The molecular formula is C27H35N3O2. The van der Waals surface area contributed by atoms with Gasteiger partial charge in [-0.2, -0.15) is 5.10 Å². The molecule has 5 heteroatoms. The van der Waals surface area contributed by atoms with E-state index in [9.17, 15) is 5.11 Å². The minimum absolute atomic E-state index is 0.0163. The molecule has 170 valence electrons. The minimum atomic E-state index is -0.0163. The van der Waals surface area contributed by atoms with Crippen molar-refractivity contribution in [3.05, 3.63) is 76.6 Å². The number of hydrogen-bond acceptors (Lipinski definition) is 4. The van der Waals surface area contributed by atoms with E-state index in [1.807, 2.05) is 25.3 Å². The van der Waals surface area contributed by atoms with Gasteiger partial charge in [0.1, 0.15) is 5.75 Å². The average Bonchev–Trinajstić information content (AvgIpc) is 3.23. The van der Waals surface area contributed by atoms with E-state index < -0.39 is 0 Å². The van der Waals surface area contributed by atoms with Crippen molar-refractivity contribution in [1.29, 1.82) is 0 Å². The molecule has 1 heterocycles. The second-order valence-electron chi connectivity index (χ2n) is 9.61. The quantitative estimate of drug-likeness (QED) is 0.536. The fourth-order valence-corrected chi connectivity index (χ4v) is 4.50. The van der Waals surface area contributed by atoms with Gasteiger partial charge in [0.25, 0.3) is 0 Å². The molecule has 1 aliphatic carbocycles. The summed E-state index contributed by atoms with van der Waals surface area (Å²) >= 11 is 0. The van der Waals surface area contributed by atoms with E-state index in [0.717, 1.165) is 48.4 Å². The summed E-state index contributed by atoms with van der Waals surface area (Å²) < 4.78 is 7.71. The zero-order valence-corrected chi connectivity index (χ0v) is 19.7. The van der Waals surface area contributed by atoms with Crippen molar-refractivity contribution in [2.45, 2.75) is 71.6 Å². The summed E-state index contributed by atoms with van der Waals surface area (Å²) in [6.45, 7) is 9.99. The summed E-state index contributed by atoms with van der Waals surface area (Å²) in [6, 6.07) is 15.1. The highest BCUT2D eigenvalue weighted by Gasteiger charge is 2.25. The van der Waals surface area contributed by atoms with E-state index in [-0.39, 0.29) is 18.1 Å². The molecule has 3 aromatic rings. The summed E-state index contributed by atoms with van der Waals surface area (Å²) in [7, 11) is 0. The van der Waals surface area contributed by atoms with Gasteiger partial charge in [0.15, 0.2) is 0 Å². The maximum atomic E-state index is 9.68. The Morgan fingerprint density at radius 3 is 2.62 bits per heavy atom. The van der Waals surface area contributed by atoms with Gasteiger partial charge in [-0.3, -0.25) is 0 Å². The maximum Gasteiger partial charge on any atom is 0.124 e. The summed E-state index contributed by atoms with van der Waals surface area (Å²) in [5.41, 5.74) is 7.19. The van der Waals surface area contributed by atoms with Crippen molar-refractivity contribution in [3.63, 3.8) is 0 Å². The number of aliphatic hydroxyl groups is 1. The Morgan fingerprint density at radius 1 is 1.16 bits per heavy atom. The largest absolute Gasteiger partial charge is 0.494 e. The van der Waals surface area contributed by atoms with Crippen molar-refractivity contribution >= 4 is 0 Å². The first-order valence-corrected chi connectivity index (χ1v) is 11.7. The van der Waals surface area contributed by atoms with E-state index in [4.69, 9.17) is 9.84 Å². The van der Waals surface area contributed by atoms with E-state index in [1.165, 1.54) is 16.8 Å². The number of ether oxygens (including phenoxy) is 1. The standard InChI is InChI=1S/C27H35N3O2/c1-5-32-26-14-9-19(15-20(26)18-31)16-28-24-7-6-8-25-23(24)17-29-30(25)22-12-10-21(11-13-22)27(2,3)4/h9-15,17,24,28,31H,5-8,16,18H2,1-4H3. The molecule has 1 atom stereocenters. The molecule has 1 aliphatic rings. The molecule has 0 radical (unpaired) electrons. The predicted molar refractivity (Wildman–Crippen MR) is 128 cm³/mol. The van der Waals surface area contributed by atoms with Gasteiger partial charge in [0, 0.05) is 29.4 Å². The normalized spacial score (nSPS) is 16.1. The van der Waals surface area contributed by atoms with Crippen LogP contribution in [0.3, 0.4) is 0 Å². The number of rotatable bonds is 7. The molecule has 1 aromatic heterocycles. The Kier molecular flexibility index (Phi) is 6.68. The molecule has 2 aromatic carbocycles. The monoisotopic (exact) mass is 433 g/mol. The van der Waals surface area contributed by atoms with Crippen molar-refractivity contribution in [3.8, 4) is 11.4 Å². The van der Waals surface area contributed by atoms with Crippen LogP contribution in [0.1, 0.15) is 74.5 Å². The number of benzene rings is 2. The number of fused-ring (bicyclic) bond motifs is 1. The summed E-state index contributed by atoms with van der Waals surface area (Å²) in [5, 5.41) is 18.1. The third-order valence-corrected chi connectivity index (χ3v) is 6.31. The first kappa shape index (κ1) is 22.6. The Balaban J connectivity index is 1.50. The van der Waals surface area contributed by atoms with E-state index in [0.29, 0.717) is 6.61 Å². The van der Waals surface area contributed by atoms with Crippen molar-refractivity contribution in [1.82, 2.24) is 15.1 Å². The van der Waals surface area contributed by atoms with Crippen LogP contribution in [0.25, 0.3) is 5.69 Å². The number of hydrogen-bond donors (Lipinski definition) is 2. The molecule has 0 amide bonds. The van der Waals surface area contributed by atoms with E-state index in [1.54, 1.807) is 0 Å². The SMILES string of the molecule is CCOc1ccc(CNC2CCCc3c2cnn3-c2ccc(C(C)(C)C)cc2)cc1CO. The van der Waals surface area contributed by atoms with Crippen LogP contribution in [0, 0.1) is 0 Å². The molecule has 4 rings (SSSR count). The topological polar surface area (TPSA) is 59.3 Å². The third-order valence-electron chi connectivity index (χ3n) is 6.31. The van der Waals surface area contributed by atoms with Gasteiger partial charge in [-0.25, -0.2) is 4.68 Å². The molecule has 5 nitrogen and oxygen atoms in total. The highest BCUT2D eigenvalue weighted by molar-refractivity contribution is 5.41. The average molecular weight is 434 g/mol. The van der Waals surface area contributed by atoms with Crippen molar-refractivity contribution < 1.29 is 9.84 Å². The molecule has 0 saturated heterocycles. The van der Waals surface area contributed by atoms with Crippen LogP contribution in [0.15, 0.2) is 48.7 Å². The molecule has 0 saturated carbocycles. The Labute approximate surface area is 191 Å². The number of nitrogens with one attached hydrogen (secondary N) is 1. The van der Waals surface area contributed by atoms with Crippen molar-refractivity contribution in [2.24, 2.45) is 0 Å². The third kappa shape index (κ3) is 4.74. The number of nitrogens with zero attached hydrogens (tertiary/aromatic N) is 2. The number of aliphatic hydroxyl groups excluding tert-OH is 1. The fourth-order valence-electron chi connectivity index (χ4n) is 4.50. The lowest BCUT2D eigenvalue weighted by molar-refractivity contribution is 0.267. The lowest BCUT2D eigenvalue weighted by Gasteiger charge is -2.25. The smallest absolute Gasteiger partial charge is 0.124 e. The molecule has 0 fully saturated rings. The molecular weight excluding hydrogens is 398 g/mol. The molecule has 32 heavy (non-hydrogen) atoms. The molecule has 2 N–H and O–H groups in total. The van der Waals surface area contributed by atoms with Crippen molar-refractivity contribution in [2.75, 3.05) is 6.61 Å². The zero-order chi connectivity index (χ0) is 22.7. The van der Waals surface area contributed by atoms with Gasteiger partial charge >= 0.3 is 0 Å². The van der Waals surface area contributed by atoms with E-state index in [2.05, 4.69) is 61.1 Å².